The molecule has 1 aliphatic rings. The van der Waals surface area contributed by atoms with Gasteiger partial charge in [0.1, 0.15) is 5.82 Å². The summed E-state index contributed by atoms with van der Waals surface area (Å²) in [7, 11) is 2.18. The molecule has 1 fully saturated rings. The van der Waals surface area contributed by atoms with Crippen molar-refractivity contribution in [2.24, 2.45) is 0 Å². The van der Waals surface area contributed by atoms with Gasteiger partial charge in [-0.1, -0.05) is 32.0 Å². The van der Waals surface area contributed by atoms with Crippen LogP contribution in [0, 0.1) is 0 Å². The lowest BCUT2D eigenvalue weighted by molar-refractivity contribution is 0.399. The molecule has 3 nitrogen and oxygen atoms in total. The molecule has 1 N–H and O–H groups in total. The molecule has 112 valence electrons. The number of pyridine rings is 1. The van der Waals surface area contributed by atoms with E-state index in [1.165, 1.54) is 30.2 Å². The van der Waals surface area contributed by atoms with E-state index in [2.05, 4.69) is 61.4 Å². The number of anilines is 1. The van der Waals surface area contributed by atoms with Crippen molar-refractivity contribution in [3.63, 3.8) is 0 Å². The van der Waals surface area contributed by atoms with E-state index in [-0.39, 0.29) is 0 Å². The van der Waals surface area contributed by atoms with Gasteiger partial charge in [0.15, 0.2) is 0 Å². The Kier molecular flexibility index (Phi) is 4.11. The SMILES string of the molecule is CC(C)NCc1cc(N(C)C2CCC2)nc2ccccc12. The molecule has 0 amide bonds. The Morgan fingerprint density at radius 1 is 1.29 bits per heavy atom. The lowest BCUT2D eigenvalue weighted by atomic mass is 9.92. The Morgan fingerprint density at radius 2 is 2.05 bits per heavy atom. The molecule has 1 aliphatic carbocycles. The molecular weight excluding hydrogens is 258 g/mol. The second-order valence-corrected chi connectivity index (χ2v) is 6.39. The predicted octanol–water partition coefficient (Wildman–Crippen LogP) is 3.72. The summed E-state index contributed by atoms with van der Waals surface area (Å²) in [5.74, 6) is 1.11. The number of hydrogen-bond acceptors (Lipinski definition) is 3. The number of nitrogens with one attached hydrogen (secondary N) is 1. The topological polar surface area (TPSA) is 28.2 Å². The summed E-state index contributed by atoms with van der Waals surface area (Å²) in [4.78, 5) is 7.22. The number of fused-ring (bicyclic) bond motifs is 1. The lowest BCUT2D eigenvalue weighted by Crippen LogP contribution is -2.37. The summed E-state index contributed by atoms with van der Waals surface area (Å²) in [5, 5.41) is 4.79. The van der Waals surface area contributed by atoms with Crippen LogP contribution in [0.2, 0.25) is 0 Å². The zero-order valence-electron chi connectivity index (χ0n) is 13.3. The fraction of sp³-hybridized carbons (Fsp3) is 0.500. The van der Waals surface area contributed by atoms with Crippen LogP contribution in [-0.2, 0) is 6.54 Å². The average Bonchev–Trinajstić information content (AvgIpc) is 2.42. The molecule has 1 aromatic heterocycles. The van der Waals surface area contributed by atoms with E-state index >= 15 is 0 Å². The van der Waals surface area contributed by atoms with Crippen LogP contribution in [0.4, 0.5) is 5.82 Å². The van der Waals surface area contributed by atoms with Crippen molar-refractivity contribution in [2.75, 3.05) is 11.9 Å². The Morgan fingerprint density at radius 3 is 2.71 bits per heavy atom. The molecule has 1 saturated carbocycles. The lowest BCUT2D eigenvalue weighted by Gasteiger charge is -2.36. The van der Waals surface area contributed by atoms with Gasteiger partial charge in [-0.25, -0.2) is 4.98 Å². The van der Waals surface area contributed by atoms with Crippen LogP contribution in [-0.4, -0.2) is 24.1 Å². The van der Waals surface area contributed by atoms with Crippen LogP contribution in [0.3, 0.4) is 0 Å². The Labute approximate surface area is 127 Å². The van der Waals surface area contributed by atoms with Crippen molar-refractivity contribution in [1.29, 1.82) is 0 Å². The number of aromatic nitrogens is 1. The van der Waals surface area contributed by atoms with Crippen molar-refractivity contribution in [2.45, 2.75) is 51.7 Å². The number of nitrogens with zero attached hydrogens (tertiary/aromatic N) is 2. The molecule has 0 atom stereocenters. The number of benzene rings is 1. The Balaban J connectivity index is 1.97. The molecule has 21 heavy (non-hydrogen) atoms. The number of para-hydroxylation sites is 1. The highest BCUT2D eigenvalue weighted by molar-refractivity contribution is 5.84. The third-order valence-electron chi connectivity index (χ3n) is 4.47. The predicted molar refractivity (Wildman–Crippen MR) is 89.8 cm³/mol. The third-order valence-corrected chi connectivity index (χ3v) is 4.47. The van der Waals surface area contributed by atoms with Crippen LogP contribution >= 0.6 is 0 Å². The van der Waals surface area contributed by atoms with E-state index < -0.39 is 0 Å². The highest BCUT2D eigenvalue weighted by atomic mass is 15.2. The van der Waals surface area contributed by atoms with Crippen molar-refractivity contribution < 1.29 is 0 Å². The van der Waals surface area contributed by atoms with Crippen LogP contribution in [0.5, 0.6) is 0 Å². The van der Waals surface area contributed by atoms with Crippen LogP contribution in [0.25, 0.3) is 10.9 Å². The van der Waals surface area contributed by atoms with Crippen LogP contribution < -0.4 is 10.2 Å². The quantitative estimate of drug-likeness (QED) is 0.906. The molecule has 2 aromatic rings. The Bertz CT molecular complexity index is 617. The summed E-state index contributed by atoms with van der Waals surface area (Å²) in [6.07, 6.45) is 3.94. The normalized spacial score (nSPS) is 15.4. The van der Waals surface area contributed by atoms with Crippen LogP contribution in [0.15, 0.2) is 30.3 Å². The van der Waals surface area contributed by atoms with E-state index in [9.17, 15) is 0 Å². The minimum absolute atomic E-state index is 0.490. The molecular formula is C18H25N3. The van der Waals surface area contributed by atoms with Crippen LogP contribution in [0.1, 0.15) is 38.7 Å². The zero-order valence-corrected chi connectivity index (χ0v) is 13.3. The summed E-state index contributed by atoms with van der Waals surface area (Å²) in [5.41, 5.74) is 2.44. The summed E-state index contributed by atoms with van der Waals surface area (Å²) in [6.45, 7) is 5.27. The van der Waals surface area contributed by atoms with E-state index in [1.807, 2.05) is 0 Å². The minimum Gasteiger partial charge on any atom is -0.357 e. The van der Waals surface area contributed by atoms with Crippen molar-refractivity contribution in [3.8, 4) is 0 Å². The van der Waals surface area contributed by atoms with Gasteiger partial charge in [0.05, 0.1) is 5.52 Å². The molecule has 1 heterocycles. The second-order valence-electron chi connectivity index (χ2n) is 6.39. The summed E-state index contributed by atoms with van der Waals surface area (Å²) < 4.78 is 0. The van der Waals surface area contributed by atoms with Gasteiger partial charge in [-0.05, 0) is 37.0 Å². The van der Waals surface area contributed by atoms with Gasteiger partial charge in [0.2, 0.25) is 0 Å². The largest absolute Gasteiger partial charge is 0.357 e. The summed E-state index contributed by atoms with van der Waals surface area (Å²) >= 11 is 0. The van der Waals surface area contributed by atoms with E-state index in [0.29, 0.717) is 12.1 Å². The molecule has 3 heteroatoms. The first-order valence-corrected chi connectivity index (χ1v) is 8.00. The van der Waals surface area contributed by atoms with Gasteiger partial charge < -0.3 is 10.2 Å². The van der Waals surface area contributed by atoms with Gasteiger partial charge in [-0.2, -0.15) is 0 Å². The molecule has 0 aliphatic heterocycles. The maximum absolute atomic E-state index is 4.86. The minimum atomic E-state index is 0.490. The molecule has 0 radical (unpaired) electrons. The summed E-state index contributed by atoms with van der Waals surface area (Å²) in [6, 6.07) is 11.9. The third kappa shape index (κ3) is 3.03. The fourth-order valence-corrected chi connectivity index (χ4v) is 2.83. The number of hydrogen-bond donors (Lipinski definition) is 1. The van der Waals surface area contributed by atoms with Gasteiger partial charge in [-0.3, -0.25) is 0 Å². The standard InChI is InChI=1S/C18H25N3/c1-13(2)19-12-14-11-18(21(3)15-7-6-8-15)20-17-10-5-4-9-16(14)17/h4-5,9-11,13,15,19H,6-8,12H2,1-3H3. The first-order valence-electron chi connectivity index (χ1n) is 8.00. The van der Waals surface area contributed by atoms with Crippen molar-refractivity contribution >= 4 is 16.7 Å². The van der Waals surface area contributed by atoms with Crippen molar-refractivity contribution in [1.82, 2.24) is 10.3 Å². The van der Waals surface area contributed by atoms with Gasteiger partial charge in [0, 0.05) is 31.1 Å². The molecule has 0 bridgehead atoms. The second kappa shape index (κ2) is 6.02. The molecule has 1 aromatic carbocycles. The van der Waals surface area contributed by atoms with Gasteiger partial charge in [-0.15, -0.1) is 0 Å². The highest BCUT2D eigenvalue weighted by Crippen LogP contribution is 2.29. The monoisotopic (exact) mass is 283 g/mol. The molecule has 3 rings (SSSR count). The van der Waals surface area contributed by atoms with Gasteiger partial charge in [0.25, 0.3) is 0 Å². The van der Waals surface area contributed by atoms with Crippen molar-refractivity contribution in [3.05, 3.63) is 35.9 Å². The fourth-order valence-electron chi connectivity index (χ4n) is 2.83. The highest BCUT2D eigenvalue weighted by Gasteiger charge is 2.23. The molecule has 0 saturated heterocycles. The Hall–Kier alpha value is -1.61. The molecule has 0 spiro atoms. The zero-order chi connectivity index (χ0) is 14.8. The average molecular weight is 283 g/mol. The number of rotatable bonds is 5. The maximum Gasteiger partial charge on any atom is 0.129 e. The first-order chi connectivity index (χ1) is 10.1. The van der Waals surface area contributed by atoms with E-state index in [1.54, 1.807) is 0 Å². The maximum atomic E-state index is 4.86. The smallest absolute Gasteiger partial charge is 0.129 e. The van der Waals surface area contributed by atoms with E-state index in [0.717, 1.165) is 17.9 Å². The van der Waals surface area contributed by atoms with Gasteiger partial charge >= 0.3 is 0 Å². The molecule has 0 unspecified atom stereocenters. The first kappa shape index (κ1) is 14.3. The van der Waals surface area contributed by atoms with E-state index in [4.69, 9.17) is 4.98 Å².